The standard InChI is InChI=1S/C22H29N5O2/c1-15(25-16(2)28)18-6-8-19(9-7-18)29-20-12-27(13-20)22-10-21(23-14-24-22)26(3)11-17-4-5-17/h6-10,14-15,17,20H,4-5,11-13H2,1-3H3,(H,25,28)/t15-/m0/s1. The minimum absolute atomic E-state index is 0.00856. The van der Waals surface area contributed by atoms with Crippen LogP contribution in [0.25, 0.3) is 0 Å². The number of hydrogen-bond donors (Lipinski definition) is 1. The first kappa shape index (κ1) is 19.5. The molecule has 7 nitrogen and oxygen atoms in total. The highest BCUT2D eigenvalue weighted by molar-refractivity contribution is 5.73. The number of aromatic nitrogens is 2. The van der Waals surface area contributed by atoms with Gasteiger partial charge in [-0.2, -0.15) is 0 Å². The van der Waals surface area contributed by atoms with E-state index in [1.807, 2.05) is 31.2 Å². The Hall–Kier alpha value is -2.83. The molecule has 2 fully saturated rings. The molecule has 0 radical (unpaired) electrons. The second-order valence-electron chi connectivity index (χ2n) is 8.19. The summed E-state index contributed by atoms with van der Waals surface area (Å²) < 4.78 is 6.07. The summed E-state index contributed by atoms with van der Waals surface area (Å²) in [5, 5.41) is 2.89. The van der Waals surface area contributed by atoms with Crippen molar-refractivity contribution in [1.29, 1.82) is 0 Å². The van der Waals surface area contributed by atoms with Crippen LogP contribution < -0.4 is 19.9 Å². The number of hydrogen-bond acceptors (Lipinski definition) is 6. The van der Waals surface area contributed by atoms with E-state index >= 15 is 0 Å². The van der Waals surface area contributed by atoms with Gasteiger partial charge in [-0.15, -0.1) is 0 Å². The fraction of sp³-hybridized carbons (Fsp3) is 0.500. The maximum atomic E-state index is 11.2. The quantitative estimate of drug-likeness (QED) is 0.741. The van der Waals surface area contributed by atoms with Crippen LogP contribution in [0.15, 0.2) is 36.7 Å². The monoisotopic (exact) mass is 395 g/mol. The number of anilines is 2. The van der Waals surface area contributed by atoms with E-state index in [0.29, 0.717) is 0 Å². The molecule has 1 aliphatic carbocycles. The molecular weight excluding hydrogens is 366 g/mol. The Labute approximate surface area is 172 Å². The first-order valence-electron chi connectivity index (χ1n) is 10.3. The van der Waals surface area contributed by atoms with Crippen molar-refractivity contribution in [3.05, 3.63) is 42.2 Å². The highest BCUT2D eigenvalue weighted by Crippen LogP contribution is 2.31. The zero-order chi connectivity index (χ0) is 20.4. The smallest absolute Gasteiger partial charge is 0.217 e. The van der Waals surface area contributed by atoms with E-state index < -0.39 is 0 Å². The average Bonchev–Trinajstić information content (AvgIpc) is 3.48. The number of rotatable bonds is 8. The lowest BCUT2D eigenvalue weighted by molar-refractivity contribution is -0.119. The topological polar surface area (TPSA) is 70.6 Å². The van der Waals surface area contributed by atoms with Crippen LogP contribution in [0.5, 0.6) is 5.75 Å². The van der Waals surface area contributed by atoms with Gasteiger partial charge in [0.15, 0.2) is 0 Å². The molecule has 1 saturated carbocycles. The molecule has 7 heteroatoms. The molecular formula is C22H29N5O2. The highest BCUT2D eigenvalue weighted by Gasteiger charge is 2.30. The van der Waals surface area contributed by atoms with E-state index in [1.54, 1.807) is 6.33 Å². The van der Waals surface area contributed by atoms with E-state index in [-0.39, 0.29) is 18.1 Å². The zero-order valence-electron chi connectivity index (χ0n) is 17.3. The van der Waals surface area contributed by atoms with Crippen molar-refractivity contribution in [1.82, 2.24) is 15.3 Å². The molecule has 1 aromatic carbocycles. The van der Waals surface area contributed by atoms with E-state index in [9.17, 15) is 4.79 Å². The Balaban J connectivity index is 1.28. The maximum Gasteiger partial charge on any atom is 0.217 e. The summed E-state index contributed by atoms with van der Waals surface area (Å²) in [6, 6.07) is 9.98. The molecule has 0 bridgehead atoms. The van der Waals surface area contributed by atoms with Crippen LogP contribution in [0.2, 0.25) is 0 Å². The summed E-state index contributed by atoms with van der Waals surface area (Å²) >= 11 is 0. The third-order valence-electron chi connectivity index (χ3n) is 5.53. The highest BCUT2D eigenvalue weighted by atomic mass is 16.5. The lowest BCUT2D eigenvalue weighted by Gasteiger charge is -2.40. The SMILES string of the molecule is CC(=O)N[C@@H](C)c1ccc(OC2CN(c3cc(N(C)CC4CC4)ncn3)C2)cc1. The first-order valence-corrected chi connectivity index (χ1v) is 10.3. The van der Waals surface area contributed by atoms with Crippen molar-refractivity contribution in [3.63, 3.8) is 0 Å². The van der Waals surface area contributed by atoms with Gasteiger partial charge in [0, 0.05) is 26.6 Å². The lowest BCUT2D eigenvalue weighted by atomic mass is 10.1. The number of carbonyl (C=O) groups excluding carboxylic acids is 1. The fourth-order valence-corrected chi connectivity index (χ4v) is 3.62. The van der Waals surface area contributed by atoms with Crippen LogP contribution in [-0.4, -0.2) is 48.7 Å². The van der Waals surface area contributed by atoms with E-state index in [0.717, 1.165) is 48.5 Å². The van der Waals surface area contributed by atoms with Gasteiger partial charge in [0.25, 0.3) is 0 Å². The minimum atomic E-state index is -0.0287. The lowest BCUT2D eigenvalue weighted by Crippen LogP contribution is -2.54. The van der Waals surface area contributed by atoms with Gasteiger partial charge in [-0.1, -0.05) is 12.1 Å². The second-order valence-corrected chi connectivity index (χ2v) is 8.19. The zero-order valence-corrected chi connectivity index (χ0v) is 17.3. The van der Waals surface area contributed by atoms with Crippen LogP contribution >= 0.6 is 0 Å². The van der Waals surface area contributed by atoms with Crippen molar-refractivity contribution in [2.24, 2.45) is 5.92 Å². The molecule has 0 unspecified atom stereocenters. The molecule has 2 heterocycles. The molecule has 1 aromatic heterocycles. The van der Waals surface area contributed by atoms with Gasteiger partial charge >= 0.3 is 0 Å². The third-order valence-corrected chi connectivity index (χ3v) is 5.53. The molecule has 29 heavy (non-hydrogen) atoms. The van der Waals surface area contributed by atoms with Crippen LogP contribution in [0.4, 0.5) is 11.6 Å². The van der Waals surface area contributed by atoms with Crippen molar-refractivity contribution in [2.75, 3.05) is 36.5 Å². The molecule has 2 aromatic rings. The van der Waals surface area contributed by atoms with E-state index in [1.165, 1.54) is 19.8 Å². The molecule has 1 saturated heterocycles. The van der Waals surface area contributed by atoms with Crippen LogP contribution in [0.3, 0.4) is 0 Å². The molecule has 2 aliphatic rings. The summed E-state index contributed by atoms with van der Waals surface area (Å²) in [6.07, 6.45) is 4.47. The van der Waals surface area contributed by atoms with Crippen molar-refractivity contribution >= 4 is 17.5 Å². The molecule has 154 valence electrons. The molecule has 1 amide bonds. The van der Waals surface area contributed by atoms with Gasteiger partial charge < -0.3 is 19.9 Å². The number of benzene rings is 1. The third kappa shape index (κ3) is 4.96. The Morgan fingerprint density at radius 1 is 1.28 bits per heavy atom. The molecule has 1 N–H and O–H groups in total. The van der Waals surface area contributed by atoms with Gasteiger partial charge in [-0.25, -0.2) is 9.97 Å². The molecule has 4 rings (SSSR count). The Morgan fingerprint density at radius 3 is 2.66 bits per heavy atom. The molecule has 1 aliphatic heterocycles. The van der Waals surface area contributed by atoms with Gasteiger partial charge in [0.2, 0.25) is 5.91 Å². The predicted molar refractivity (Wildman–Crippen MR) is 113 cm³/mol. The van der Waals surface area contributed by atoms with Crippen LogP contribution in [0.1, 0.15) is 38.3 Å². The van der Waals surface area contributed by atoms with Crippen molar-refractivity contribution in [2.45, 2.75) is 38.8 Å². The summed E-state index contributed by atoms with van der Waals surface area (Å²) in [5.74, 6) is 3.58. The maximum absolute atomic E-state index is 11.2. The number of nitrogens with one attached hydrogen (secondary N) is 1. The summed E-state index contributed by atoms with van der Waals surface area (Å²) in [7, 11) is 2.10. The van der Waals surface area contributed by atoms with Crippen molar-refractivity contribution < 1.29 is 9.53 Å². The van der Waals surface area contributed by atoms with Gasteiger partial charge in [0.05, 0.1) is 19.1 Å². The van der Waals surface area contributed by atoms with Crippen LogP contribution in [0, 0.1) is 5.92 Å². The van der Waals surface area contributed by atoms with Crippen LogP contribution in [-0.2, 0) is 4.79 Å². The fourth-order valence-electron chi connectivity index (χ4n) is 3.62. The van der Waals surface area contributed by atoms with E-state index in [4.69, 9.17) is 4.74 Å². The van der Waals surface area contributed by atoms with Crippen molar-refractivity contribution in [3.8, 4) is 5.75 Å². The summed E-state index contributed by atoms with van der Waals surface area (Å²) in [4.78, 5) is 24.5. The Kier molecular flexibility index (Phi) is 5.56. The van der Waals surface area contributed by atoms with Gasteiger partial charge in [-0.3, -0.25) is 4.79 Å². The summed E-state index contributed by atoms with van der Waals surface area (Å²) in [6.45, 7) is 6.19. The van der Waals surface area contributed by atoms with Gasteiger partial charge in [0.1, 0.15) is 29.8 Å². The number of ether oxygens (including phenoxy) is 1. The Bertz CT molecular complexity index is 847. The van der Waals surface area contributed by atoms with E-state index in [2.05, 4.69) is 38.2 Å². The second kappa shape index (κ2) is 8.27. The molecule has 0 spiro atoms. The normalized spacial score (nSPS) is 17.4. The number of nitrogens with zero attached hydrogens (tertiary/aromatic N) is 4. The Morgan fingerprint density at radius 2 is 2.00 bits per heavy atom. The average molecular weight is 396 g/mol. The number of carbonyl (C=O) groups is 1. The van der Waals surface area contributed by atoms with Gasteiger partial charge in [-0.05, 0) is 43.4 Å². The molecule has 1 atom stereocenters. The first-order chi connectivity index (χ1) is 14.0. The summed E-state index contributed by atoms with van der Waals surface area (Å²) in [5.41, 5.74) is 1.06. The largest absolute Gasteiger partial charge is 0.487 e. The predicted octanol–water partition coefficient (Wildman–Crippen LogP) is 2.79. The minimum Gasteiger partial charge on any atom is -0.487 e. The number of amides is 1.